The molecule has 2 fully saturated rings. The number of benzene rings is 2. The zero-order valence-electron chi connectivity index (χ0n) is 20.8. The van der Waals surface area contributed by atoms with Gasteiger partial charge in [0.25, 0.3) is 0 Å². The number of aryl methyl sites for hydroxylation is 1. The Morgan fingerprint density at radius 1 is 0.562 bits per heavy atom. The highest BCUT2D eigenvalue weighted by molar-refractivity contribution is 5.64. The largest absolute Gasteiger partial charge is 0.0654 e. The molecule has 0 atom stereocenters. The highest BCUT2D eigenvalue weighted by Gasteiger charge is 2.25. The fourth-order valence-electron chi connectivity index (χ4n) is 6.44. The minimum atomic E-state index is 0.789. The predicted molar refractivity (Wildman–Crippen MR) is 140 cm³/mol. The summed E-state index contributed by atoms with van der Waals surface area (Å²) in [5.74, 6) is 3.90. The fourth-order valence-corrected chi connectivity index (χ4v) is 6.44. The van der Waals surface area contributed by atoms with Gasteiger partial charge in [0, 0.05) is 0 Å². The lowest BCUT2D eigenvalue weighted by molar-refractivity contribution is 0.222. The monoisotopic (exact) mass is 430 g/mol. The van der Waals surface area contributed by atoms with E-state index >= 15 is 0 Å². The van der Waals surface area contributed by atoms with Gasteiger partial charge in [-0.05, 0) is 73.0 Å². The van der Waals surface area contributed by atoms with Gasteiger partial charge >= 0.3 is 0 Å². The lowest BCUT2D eigenvalue weighted by Gasteiger charge is -2.32. The number of hydrogen-bond donors (Lipinski definition) is 0. The molecule has 0 bridgehead atoms. The van der Waals surface area contributed by atoms with Crippen LogP contribution in [0.3, 0.4) is 0 Å². The van der Waals surface area contributed by atoms with Crippen LogP contribution >= 0.6 is 0 Å². The van der Waals surface area contributed by atoms with Gasteiger partial charge in [0.2, 0.25) is 0 Å². The molecule has 0 aliphatic heterocycles. The van der Waals surface area contributed by atoms with Crippen LogP contribution in [0.1, 0.15) is 114 Å². The SMILES string of the molecule is CCCCCC1CCC(CCC2CCC(c3ccc(-c4ccc(C)cc4)cc3)CC2)CC1. The summed E-state index contributed by atoms with van der Waals surface area (Å²) in [7, 11) is 0. The van der Waals surface area contributed by atoms with Crippen LogP contribution in [0.2, 0.25) is 0 Å². The van der Waals surface area contributed by atoms with Crippen LogP contribution in [0.25, 0.3) is 11.1 Å². The van der Waals surface area contributed by atoms with E-state index in [4.69, 9.17) is 0 Å². The van der Waals surface area contributed by atoms with Gasteiger partial charge in [-0.15, -0.1) is 0 Å². The normalized spacial score (nSPS) is 26.2. The van der Waals surface area contributed by atoms with Gasteiger partial charge in [-0.2, -0.15) is 0 Å². The Morgan fingerprint density at radius 3 is 1.56 bits per heavy atom. The molecule has 0 nitrogen and oxygen atoms in total. The van der Waals surface area contributed by atoms with E-state index in [1.54, 1.807) is 5.56 Å². The maximum Gasteiger partial charge on any atom is -0.0162 e. The van der Waals surface area contributed by atoms with E-state index in [9.17, 15) is 0 Å². The van der Waals surface area contributed by atoms with E-state index in [1.165, 1.54) is 107 Å². The highest BCUT2D eigenvalue weighted by Crippen LogP contribution is 2.40. The molecule has 2 aliphatic rings. The standard InChI is InChI=1S/C32H46/c1-3-4-5-6-26-9-11-27(12-10-26)13-14-28-15-19-30(20-16-28)32-23-21-31(22-24-32)29-17-7-25(2)8-18-29/h7-8,17-18,21-24,26-28,30H,3-6,9-16,19-20H2,1-2H3. The van der Waals surface area contributed by atoms with Crippen LogP contribution in [-0.2, 0) is 0 Å². The Morgan fingerprint density at radius 2 is 1.03 bits per heavy atom. The minimum Gasteiger partial charge on any atom is -0.0654 e. The van der Waals surface area contributed by atoms with Crippen LogP contribution in [-0.4, -0.2) is 0 Å². The molecule has 0 spiro atoms. The van der Waals surface area contributed by atoms with Crippen LogP contribution < -0.4 is 0 Å². The van der Waals surface area contributed by atoms with Gasteiger partial charge in [0.05, 0.1) is 0 Å². The summed E-state index contributed by atoms with van der Waals surface area (Å²) in [5.41, 5.74) is 5.58. The first-order chi connectivity index (χ1) is 15.7. The third kappa shape index (κ3) is 6.72. The maximum absolute atomic E-state index is 2.40. The van der Waals surface area contributed by atoms with Gasteiger partial charge in [-0.3, -0.25) is 0 Å². The topological polar surface area (TPSA) is 0 Å². The number of rotatable bonds is 9. The van der Waals surface area contributed by atoms with E-state index < -0.39 is 0 Å². The molecule has 0 radical (unpaired) electrons. The molecular weight excluding hydrogens is 384 g/mol. The van der Waals surface area contributed by atoms with Crippen LogP contribution in [0.5, 0.6) is 0 Å². The van der Waals surface area contributed by atoms with Crippen molar-refractivity contribution in [2.45, 2.75) is 110 Å². The Labute approximate surface area is 198 Å². The minimum absolute atomic E-state index is 0.789. The molecule has 0 saturated heterocycles. The van der Waals surface area contributed by atoms with Crippen molar-refractivity contribution < 1.29 is 0 Å². The predicted octanol–water partition coefficient (Wildman–Crippen LogP) is 10.1. The van der Waals surface area contributed by atoms with E-state index in [0.717, 1.165) is 23.7 Å². The van der Waals surface area contributed by atoms with Gasteiger partial charge in [0.1, 0.15) is 0 Å². The van der Waals surface area contributed by atoms with Crippen molar-refractivity contribution in [1.82, 2.24) is 0 Å². The summed E-state index contributed by atoms with van der Waals surface area (Å²) in [6.07, 6.45) is 20.6. The summed E-state index contributed by atoms with van der Waals surface area (Å²) in [6, 6.07) is 18.4. The second-order valence-corrected chi connectivity index (χ2v) is 11.2. The van der Waals surface area contributed by atoms with Crippen molar-refractivity contribution in [2.24, 2.45) is 17.8 Å². The molecule has 174 valence electrons. The molecule has 4 rings (SSSR count). The molecule has 0 aromatic heterocycles. The smallest absolute Gasteiger partial charge is 0.0162 e. The molecule has 2 aromatic carbocycles. The first-order valence-electron chi connectivity index (χ1n) is 13.9. The van der Waals surface area contributed by atoms with Crippen LogP contribution in [0.4, 0.5) is 0 Å². The zero-order valence-corrected chi connectivity index (χ0v) is 20.8. The van der Waals surface area contributed by atoms with E-state index in [1.807, 2.05) is 0 Å². The average molecular weight is 431 g/mol. The van der Waals surface area contributed by atoms with Crippen molar-refractivity contribution >= 4 is 0 Å². The molecule has 0 N–H and O–H groups in total. The molecule has 2 aliphatic carbocycles. The molecule has 0 amide bonds. The average Bonchev–Trinajstić information content (AvgIpc) is 2.85. The third-order valence-electron chi connectivity index (χ3n) is 8.78. The zero-order chi connectivity index (χ0) is 22.2. The van der Waals surface area contributed by atoms with Crippen molar-refractivity contribution in [1.29, 1.82) is 0 Å². The Balaban J connectivity index is 1.16. The van der Waals surface area contributed by atoms with Gasteiger partial charge < -0.3 is 0 Å². The molecule has 2 saturated carbocycles. The molecule has 32 heavy (non-hydrogen) atoms. The van der Waals surface area contributed by atoms with E-state index in [0.29, 0.717) is 0 Å². The fraction of sp³-hybridized carbons (Fsp3) is 0.625. The quantitative estimate of drug-likeness (QED) is 0.347. The number of hydrogen-bond acceptors (Lipinski definition) is 0. The summed E-state index contributed by atoms with van der Waals surface area (Å²) >= 11 is 0. The summed E-state index contributed by atoms with van der Waals surface area (Å²) < 4.78 is 0. The highest BCUT2D eigenvalue weighted by atomic mass is 14.3. The molecule has 2 aromatic rings. The van der Waals surface area contributed by atoms with Crippen LogP contribution in [0, 0.1) is 24.7 Å². The maximum atomic E-state index is 2.40. The van der Waals surface area contributed by atoms with E-state index in [-0.39, 0.29) is 0 Å². The van der Waals surface area contributed by atoms with Crippen molar-refractivity contribution in [3.63, 3.8) is 0 Å². The van der Waals surface area contributed by atoms with Crippen molar-refractivity contribution in [2.75, 3.05) is 0 Å². The Hall–Kier alpha value is -1.56. The van der Waals surface area contributed by atoms with Gasteiger partial charge in [0.15, 0.2) is 0 Å². The number of unbranched alkanes of at least 4 members (excludes halogenated alkanes) is 2. The molecule has 0 heterocycles. The Bertz CT molecular complexity index is 768. The second-order valence-electron chi connectivity index (χ2n) is 11.2. The first kappa shape index (κ1) is 23.6. The summed E-state index contributed by atoms with van der Waals surface area (Å²) in [4.78, 5) is 0. The molecule has 0 heteroatoms. The molecular formula is C32H46. The first-order valence-corrected chi connectivity index (χ1v) is 13.9. The third-order valence-corrected chi connectivity index (χ3v) is 8.78. The molecule has 0 unspecified atom stereocenters. The van der Waals surface area contributed by atoms with Gasteiger partial charge in [-0.25, -0.2) is 0 Å². The van der Waals surface area contributed by atoms with Gasteiger partial charge in [-0.1, -0.05) is 125 Å². The van der Waals surface area contributed by atoms with E-state index in [2.05, 4.69) is 62.4 Å². The van der Waals surface area contributed by atoms with Crippen molar-refractivity contribution in [3.05, 3.63) is 59.7 Å². The Kier molecular flexibility index (Phi) is 8.89. The van der Waals surface area contributed by atoms with Crippen molar-refractivity contribution in [3.8, 4) is 11.1 Å². The lowest BCUT2D eigenvalue weighted by Crippen LogP contribution is -2.17. The summed E-state index contributed by atoms with van der Waals surface area (Å²) in [6.45, 7) is 4.48. The second kappa shape index (κ2) is 12.1. The summed E-state index contributed by atoms with van der Waals surface area (Å²) in [5, 5.41) is 0. The van der Waals surface area contributed by atoms with Crippen LogP contribution in [0.15, 0.2) is 48.5 Å². The lowest BCUT2D eigenvalue weighted by atomic mass is 9.74.